The molecule has 3 aromatic rings. The third kappa shape index (κ3) is 1.84. The van der Waals surface area contributed by atoms with Gasteiger partial charge in [0.2, 0.25) is 0 Å². The molecule has 0 aliphatic carbocycles. The lowest BCUT2D eigenvalue weighted by atomic mass is 10.2. The minimum atomic E-state index is -0.493. The Labute approximate surface area is 101 Å². The van der Waals surface area contributed by atoms with Gasteiger partial charge in [0.25, 0.3) is 0 Å². The highest BCUT2D eigenvalue weighted by Gasteiger charge is 2.07. The second-order valence-corrected chi connectivity index (χ2v) is 3.88. The summed E-state index contributed by atoms with van der Waals surface area (Å²) in [4.78, 5) is 13.6. The molecule has 6 heteroatoms. The molecule has 0 bridgehead atoms. The Hall–Kier alpha value is -2.63. The lowest BCUT2D eigenvalue weighted by Crippen LogP contribution is -2.01. The highest BCUT2D eigenvalue weighted by molar-refractivity contribution is 5.85. The molecule has 4 N–H and O–H groups in total. The summed E-state index contributed by atoms with van der Waals surface area (Å²) < 4.78 is 10.1. The first-order valence-corrected chi connectivity index (χ1v) is 5.41. The van der Waals surface area contributed by atoms with Crippen LogP contribution in [0.2, 0.25) is 0 Å². The Morgan fingerprint density at radius 1 is 1.39 bits per heavy atom. The van der Waals surface area contributed by atoms with Gasteiger partial charge in [0.1, 0.15) is 5.76 Å². The van der Waals surface area contributed by atoms with Gasteiger partial charge in [-0.25, -0.2) is 4.79 Å². The van der Waals surface area contributed by atoms with E-state index >= 15 is 0 Å². The summed E-state index contributed by atoms with van der Waals surface area (Å²) in [5, 5.41) is 3.13. The molecule has 0 aliphatic rings. The van der Waals surface area contributed by atoms with Gasteiger partial charge in [0.15, 0.2) is 5.58 Å². The van der Waals surface area contributed by atoms with Gasteiger partial charge >= 0.3 is 5.76 Å². The Morgan fingerprint density at radius 3 is 3.06 bits per heavy atom. The van der Waals surface area contributed by atoms with Crippen LogP contribution < -0.4 is 16.8 Å². The van der Waals surface area contributed by atoms with Gasteiger partial charge in [0.05, 0.1) is 29.7 Å². The van der Waals surface area contributed by atoms with Crippen molar-refractivity contribution in [1.82, 2.24) is 4.98 Å². The van der Waals surface area contributed by atoms with E-state index < -0.39 is 5.76 Å². The molecule has 92 valence electrons. The van der Waals surface area contributed by atoms with Crippen molar-refractivity contribution in [3.8, 4) is 0 Å². The molecule has 0 unspecified atom stereocenters. The SMILES string of the molecule is Nc1cc2oc(=O)[nH]c2cc1NCc1ccco1. The fraction of sp³-hybridized carbons (Fsp3) is 0.0833. The summed E-state index contributed by atoms with van der Waals surface area (Å²) in [6, 6.07) is 7.02. The molecule has 3 rings (SSSR count). The van der Waals surface area contributed by atoms with Crippen LogP contribution in [-0.4, -0.2) is 4.98 Å². The number of rotatable bonds is 3. The number of nitrogens with one attached hydrogen (secondary N) is 2. The number of hydrogen-bond acceptors (Lipinski definition) is 5. The Balaban J connectivity index is 1.91. The number of aromatic nitrogens is 1. The number of furan rings is 1. The van der Waals surface area contributed by atoms with Crippen molar-refractivity contribution < 1.29 is 8.83 Å². The highest BCUT2D eigenvalue weighted by atomic mass is 16.4. The summed E-state index contributed by atoms with van der Waals surface area (Å²) in [6.45, 7) is 0.519. The molecular weight excluding hydrogens is 234 g/mol. The van der Waals surface area contributed by atoms with Crippen molar-refractivity contribution in [1.29, 1.82) is 0 Å². The second-order valence-electron chi connectivity index (χ2n) is 3.88. The van der Waals surface area contributed by atoms with Crippen molar-refractivity contribution in [3.63, 3.8) is 0 Å². The number of H-pyrrole nitrogens is 1. The number of nitrogens with two attached hydrogens (primary N) is 1. The van der Waals surface area contributed by atoms with Gasteiger partial charge in [0, 0.05) is 6.07 Å². The molecule has 0 radical (unpaired) electrons. The molecule has 0 atom stereocenters. The Bertz CT molecular complexity index is 725. The molecule has 0 amide bonds. The lowest BCUT2D eigenvalue weighted by molar-refractivity contribution is 0.518. The molecule has 0 aliphatic heterocycles. The number of nitrogen functional groups attached to an aromatic ring is 1. The van der Waals surface area contributed by atoms with Gasteiger partial charge in [-0.1, -0.05) is 0 Å². The first-order valence-electron chi connectivity index (χ1n) is 5.41. The highest BCUT2D eigenvalue weighted by Crippen LogP contribution is 2.24. The summed E-state index contributed by atoms with van der Waals surface area (Å²) in [5.74, 6) is 0.308. The van der Waals surface area contributed by atoms with E-state index in [2.05, 4.69) is 10.3 Å². The van der Waals surface area contributed by atoms with Crippen molar-refractivity contribution in [3.05, 3.63) is 46.8 Å². The average molecular weight is 245 g/mol. The van der Waals surface area contributed by atoms with Crippen LogP contribution in [0.25, 0.3) is 11.1 Å². The van der Waals surface area contributed by atoms with E-state index in [0.717, 1.165) is 11.4 Å². The van der Waals surface area contributed by atoms with E-state index in [1.807, 2.05) is 12.1 Å². The Kier molecular flexibility index (Phi) is 2.33. The number of aromatic amines is 1. The molecule has 18 heavy (non-hydrogen) atoms. The zero-order chi connectivity index (χ0) is 12.5. The van der Waals surface area contributed by atoms with Crippen LogP contribution in [0.1, 0.15) is 5.76 Å². The molecule has 2 aromatic heterocycles. The van der Waals surface area contributed by atoms with E-state index in [1.54, 1.807) is 18.4 Å². The maximum atomic E-state index is 11.1. The molecule has 0 fully saturated rings. The fourth-order valence-electron chi connectivity index (χ4n) is 1.76. The summed E-state index contributed by atoms with van der Waals surface area (Å²) >= 11 is 0. The van der Waals surface area contributed by atoms with Crippen LogP contribution >= 0.6 is 0 Å². The van der Waals surface area contributed by atoms with E-state index in [0.29, 0.717) is 23.3 Å². The smallest absolute Gasteiger partial charge is 0.417 e. The average Bonchev–Trinajstić information content (AvgIpc) is 2.94. The topological polar surface area (TPSA) is 97.2 Å². The third-order valence-corrected chi connectivity index (χ3v) is 2.62. The summed E-state index contributed by atoms with van der Waals surface area (Å²) in [5.41, 5.74) is 8.15. The number of hydrogen-bond donors (Lipinski definition) is 3. The third-order valence-electron chi connectivity index (χ3n) is 2.62. The van der Waals surface area contributed by atoms with Crippen molar-refractivity contribution >= 4 is 22.5 Å². The van der Waals surface area contributed by atoms with Crippen LogP contribution in [0.4, 0.5) is 11.4 Å². The van der Waals surface area contributed by atoms with E-state index in [9.17, 15) is 4.79 Å². The minimum absolute atomic E-state index is 0.445. The predicted molar refractivity (Wildman–Crippen MR) is 67.3 cm³/mol. The van der Waals surface area contributed by atoms with Gasteiger partial charge in [-0.05, 0) is 18.2 Å². The first-order chi connectivity index (χ1) is 8.72. The molecule has 1 aromatic carbocycles. The van der Waals surface area contributed by atoms with Gasteiger partial charge < -0.3 is 19.9 Å². The van der Waals surface area contributed by atoms with Crippen LogP contribution in [0.15, 0.2) is 44.2 Å². The van der Waals surface area contributed by atoms with E-state index in [4.69, 9.17) is 14.6 Å². The van der Waals surface area contributed by atoms with Crippen LogP contribution in [-0.2, 0) is 6.54 Å². The molecule has 6 nitrogen and oxygen atoms in total. The Morgan fingerprint density at radius 2 is 2.28 bits per heavy atom. The quantitative estimate of drug-likeness (QED) is 0.612. The fourth-order valence-corrected chi connectivity index (χ4v) is 1.76. The zero-order valence-corrected chi connectivity index (χ0v) is 9.40. The van der Waals surface area contributed by atoms with E-state index in [-0.39, 0.29) is 0 Å². The summed E-state index contributed by atoms with van der Waals surface area (Å²) in [7, 11) is 0. The monoisotopic (exact) mass is 245 g/mol. The van der Waals surface area contributed by atoms with Gasteiger partial charge in [-0.2, -0.15) is 0 Å². The second kappa shape index (κ2) is 3.99. The van der Waals surface area contributed by atoms with Crippen LogP contribution in [0, 0.1) is 0 Å². The number of oxazole rings is 1. The number of anilines is 2. The predicted octanol–water partition coefficient (Wildman–Crippen LogP) is 1.91. The van der Waals surface area contributed by atoms with Crippen LogP contribution in [0.5, 0.6) is 0 Å². The molecule has 2 heterocycles. The largest absolute Gasteiger partial charge is 0.467 e. The number of benzene rings is 1. The van der Waals surface area contributed by atoms with Gasteiger partial charge in [-0.15, -0.1) is 0 Å². The number of fused-ring (bicyclic) bond motifs is 1. The lowest BCUT2D eigenvalue weighted by Gasteiger charge is -2.07. The molecule has 0 saturated heterocycles. The van der Waals surface area contributed by atoms with Crippen molar-refractivity contribution in [2.24, 2.45) is 0 Å². The van der Waals surface area contributed by atoms with E-state index in [1.165, 1.54) is 0 Å². The zero-order valence-electron chi connectivity index (χ0n) is 9.40. The van der Waals surface area contributed by atoms with Crippen molar-refractivity contribution in [2.45, 2.75) is 6.54 Å². The van der Waals surface area contributed by atoms with Crippen LogP contribution in [0.3, 0.4) is 0 Å². The maximum absolute atomic E-state index is 11.1. The normalized spacial score (nSPS) is 10.9. The van der Waals surface area contributed by atoms with Crippen molar-refractivity contribution in [2.75, 3.05) is 11.1 Å². The minimum Gasteiger partial charge on any atom is -0.467 e. The van der Waals surface area contributed by atoms with Gasteiger partial charge in [-0.3, -0.25) is 4.98 Å². The summed E-state index contributed by atoms with van der Waals surface area (Å²) in [6.07, 6.45) is 1.61. The molecule has 0 saturated carbocycles. The molecular formula is C12H11N3O3. The standard InChI is InChI=1S/C12H11N3O3/c13-8-4-11-10(15-12(16)18-11)5-9(8)14-6-7-2-1-3-17-7/h1-5,14H,6,13H2,(H,15,16). The molecule has 0 spiro atoms. The first kappa shape index (κ1) is 10.5. The maximum Gasteiger partial charge on any atom is 0.417 e.